The summed E-state index contributed by atoms with van der Waals surface area (Å²) < 4.78 is 32.5. The number of hydrogen-bond donors (Lipinski definition) is 2. The standard InChI is InChI=1S/C15H21ClN2O4S.ClH/c1-15(5-7-17-8-6-15)10-18-23(20,21)13-9-11(16)3-4-12(13)14(19)22-2;/h3-4,9,17-18H,5-8,10H2,1-2H3;1H. The number of methoxy groups -OCH3 is 1. The van der Waals surface area contributed by atoms with E-state index in [1.807, 2.05) is 0 Å². The normalized spacial score (nSPS) is 17.0. The van der Waals surface area contributed by atoms with Gasteiger partial charge in [-0.25, -0.2) is 17.9 Å². The third-order valence-electron chi connectivity index (χ3n) is 4.14. The first kappa shape index (κ1) is 21.2. The zero-order chi connectivity index (χ0) is 17.1. The van der Waals surface area contributed by atoms with Crippen LogP contribution in [0.3, 0.4) is 0 Å². The summed E-state index contributed by atoms with van der Waals surface area (Å²) in [7, 11) is -2.66. The Labute approximate surface area is 153 Å². The van der Waals surface area contributed by atoms with Gasteiger partial charge >= 0.3 is 5.97 Å². The van der Waals surface area contributed by atoms with Gasteiger partial charge in [0.25, 0.3) is 0 Å². The number of esters is 1. The zero-order valence-corrected chi connectivity index (χ0v) is 16.0. The molecule has 136 valence electrons. The van der Waals surface area contributed by atoms with E-state index in [9.17, 15) is 13.2 Å². The van der Waals surface area contributed by atoms with Crippen molar-refractivity contribution < 1.29 is 17.9 Å². The van der Waals surface area contributed by atoms with Gasteiger partial charge in [0.15, 0.2) is 0 Å². The molecule has 1 saturated heterocycles. The zero-order valence-electron chi connectivity index (χ0n) is 13.6. The smallest absolute Gasteiger partial charge is 0.339 e. The molecular formula is C15H22Cl2N2O4S. The van der Waals surface area contributed by atoms with Crippen molar-refractivity contribution in [2.45, 2.75) is 24.7 Å². The predicted octanol–water partition coefficient (Wildman–Crippen LogP) is 2.22. The number of sulfonamides is 1. The van der Waals surface area contributed by atoms with E-state index < -0.39 is 16.0 Å². The minimum atomic E-state index is -3.86. The molecule has 0 spiro atoms. The van der Waals surface area contributed by atoms with Crippen LogP contribution in [-0.2, 0) is 14.8 Å². The van der Waals surface area contributed by atoms with E-state index in [1.54, 1.807) is 0 Å². The van der Waals surface area contributed by atoms with Crippen LogP contribution in [0.2, 0.25) is 5.02 Å². The van der Waals surface area contributed by atoms with Gasteiger partial charge in [0.05, 0.1) is 17.6 Å². The quantitative estimate of drug-likeness (QED) is 0.745. The summed E-state index contributed by atoms with van der Waals surface area (Å²) in [6.07, 6.45) is 1.77. The predicted molar refractivity (Wildman–Crippen MR) is 95.4 cm³/mol. The lowest BCUT2D eigenvalue weighted by atomic mass is 9.81. The van der Waals surface area contributed by atoms with Crippen molar-refractivity contribution in [1.29, 1.82) is 0 Å². The van der Waals surface area contributed by atoms with Crippen molar-refractivity contribution in [3.8, 4) is 0 Å². The fourth-order valence-corrected chi connectivity index (χ4v) is 4.20. The van der Waals surface area contributed by atoms with Crippen LogP contribution in [-0.4, -0.2) is 41.1 Å². The van der Waals surface area contributed by atoms with Gasteiger partial charge in [-0.2, -0.15) is 0 Å². The summed E-state index contributed by atoms with van der Waals surface area (Å²) in [5.41, 5.74) is -0.137. The minimum absolute atomic E-state index is 0. The van der Waals surface area contributed by atoms with Crippen molar-refractivity contribution in [3.05, 3.63) is 28.8 Å². The number of benzene rings is 1. The Morgan fingerprint density at radius 2 is 2.00 bits per heavy atom. The van der Waals surface area contributed by atoms with E-state index in [2.05, 4.69) is 21.7 Å². The summed E-state index contributed by atoms with van der Waals surface area (Å²) >= 11 is 5.89. The molecule has 0 saturated carbocycles. The third-order valence-corrected chi connectivity index (χ3v) is 5.81. The molecule has 1 aromatic rings. The molecular weight excluding hydrogens is 375 g/mol. The monoisotopic (exact) mass is 396 g/mol. The lowest BCUT2D eigenvalue weighted by Crippen LogP contribution is -2.43. The van der Waals surface area contributed by atoms with Gasteiger partial charge in [0.1, 0.15) is 0 Å². The van der Waals surface area contributed by atoms with E-state index in [0.717, 1.165) is 25.9 Å². The van der Waals surface area contributed by atoms with Crippen molar-refractivity contribution in [3.63, 3.8) is 0 Å². The molecule has 1 heterocycles. The average Bonchev–Trinajstić information content (AvgIpc) is 2.53. The second-order valence-electron chi connectivity index (χ2n) is 6.02. The van der Waals surface area contributed by atoms with Gasteiger partial charge in [-0.1, -0.05) is 18.5 Å². The van der Waals surface area contributed by atoms with Gasteiger partial charge < -0.3 is 10.1 Å². The van der Waals surface area contributed by atoms with Crippen LogP contribution in [0.1, 0.15) is 30.1 Å². The third kappa shape index (κ3) is 5.07. The number of carbonyl (C=O) groups excluding carboxylic acids is 1. The molecule has 2 rings (SSSR count). The van der Waals surface area contributed by atoms with Crippen LogP contribution >= 0.6 is 24.0 Å². The topological polar surface area (TPSA) is 84.5 Å². The highest BCUT2D eigenvalue weighted by Crippen LogP contribution is 2.28. The first-order valence-corrected chi connectivity index (χ1v) is 9.22. The maximum atomic E-state index is 12.6. The van der Waals surface area contributed by atoms with E-state index in [4.69, 9.17) is 11.6 Å². The molecule has 6 nitrogen and oxygen atoms in total. The molecule has 24 heavy (non-hydrogen) atoms. The second kappa shape index (κ2) is 8.49. The Balaban J connectivity index is 0.00000288. The van der Waals surface area contributed by atoms with Gasteiger partial charge in [0.2, 0.25) is 10.0 Å². The number of nitrogens with one attached hydrogen (secondary N) is 2. The van der Waals surface area contributed by atoms with Crippen LogP contribution < -0.4 is 10.0 Å². The summed E-state index contributed by atoms with van der Waals surface area (Å²) in [6.45, 7) is 4.09. The summed E-state index contributed by atoms with van der Waals surface area (Å²) in [5.74, 6) is -0.713. The first-order chi connectivity index (χ1) is 10.8. The van der Waals surface area contributed by atoms with Gasteiger partial charge in [-0.3, -0.25) is 0 Å². The summed E-state index contributed by atoms with van der Waals surface area (Å²) in [6, 6.07) is 4.08. The number of rotatable bonds is 5. The molecule has 1 aliphatic rings. The number of ether oxygens (including phenoxy) is 1. The van der Waals surface area contributed by atoms with Crippen molar-refractivity contribution in [2.24, 2.45) is 5.41 Å². The maximum absolute atomic E-state index is 12.6. The van der Waals surface area contributed by atoms with Crippen molar-refractivity contribution >= 4 is 40.0 Å². The molecule has 1 aromatic carbocycles. The summed E-state index contributed by atoms with van der Waals surface area (Å²) in [5, 5.41) is 3.49. The van der Waals surface area contributed by atoms with Gasteiger partial charge in [-0.05, 0) is 49.5 Å². The van der Waals surface area contributed by atoms with Crippen LogP contribution in [0.5, 0.6) is 0 Å². The van der Waals surface area contributed by atoms with E-state index >= 15 is 0 Å². The molecule has 0 bridgehead atoms. The van der Waals surface area contributed by atoms with Crippen LogP contribution in [0.15, 0.2) is 23.1 Å². The molecule has 0 aliphatic carbocycles. The SMILES string of the molecule is COC(=O)c1ccc(Cl)cc1S(=O)(=O)NCC1(C)CCNCC1.Cl. The number of halogens is 2. The highest BCUT2D eigenvalue weighted by atomic mass is 35.5. The largest absolute Gasteiger partial charge is 0.465 e. The fourth-order valence-electron chi connectivity index (χ4n) is 2.55. The molecule has 2 N–H and O–H groups in total. The van der Waals surface area contributed by atoms with Gasteiger partial charge in [0, 0.05) is 11.6 Å². The van der Waals surface area contributed by atoms with E-state index in [1.165, 1.54) is 25.3 Å². The first-order valence-electron chi connectivity index (χ1n) is 7.36. The molecule has 0 unspecified atom stereocenters. The Hall–Kier alpha value is -0.860. The Kier molecular flexibility index (Phi) is 7.49. The van der Waals surface area contributed by atoms with Crippen LogP contribution in [0, 0.1) is 5.41 Å². The molecule has 9 heteroatoms. The van der Waals surface area contributed by atoms with E-state index in [0.29, 0.717) is 6.54 Å². The average molecular weight is 397 g/mol. The molecule has 0 atom stereocenters. The maximum Gasteiger partial charge on any atom is 0.339 e. The Bertz CT molecular complexity index is 689. The molecule has 1 fully saturated rings. The Morgan fingerprint density at radius 3 is 2.58 bits per heavy atom. The highest BCUT2D eigenvalue weighted by Gasteiger charge is 2.30. The molecule has 0 radical (unpaired) electrons. The molecule has 0 aromatic heterocycles. The second-order valence-corrected chi connectivity index (χ2v) is 8.19. The summed E-state index contributed by atoms with van der Waals surface area (Å²) in [4.78, 5) is 11.6. The van der Waals surface area contributed by atoms with Crippen molar-refractivity contribution in [2.75, 3.05) is 26.7 Å². The molecule has 0 amide bonds. The number of piperidine rings is 1. The lowest BCUT2D eigenvalue weighted by Gasteiger charge is -2.34. The molecule has 1 aliphatic heterocycles. The van der Waals surface area contributed by atoms with Gasteiger partial charge in [-0.15, -0.1) is 12.4 Å². The minimum Gasteiger partial charge on any atom is -0.465 e. The van der Waals surface area contributed by atoms with E-state index in [-0.39, 0.29) is 33.3 Å². The van der Waals surface area contributed by atoms with Crippen LogP contribution in [0.25, 0.3) is 0 Å². The lowest BCUT2D eigenvalue weighted by molar-refractivity contribution is 0.0596. The van der Waals surface area contributed by atoms with Crippen molar-refractivity contribution in [1.82, 2.24) is 10.0 Å². The van der Waals surface area contributed by atoms with Crippen LogP contribution in [0.4, 0.5) is 0 Å². The fraction of sp³-hybridized carbons (Fsp3) is 0.533. The number of hydrogen-bond acceptors (Lipinski definition) is 5. The Morgan fingerprint density at radius 1 is 1.38 bits per heavy atom. The number of carbonyl (C=O) groups is 1. The highest BCUT2D eigenvalue weighted by molar-refractivity contribution is 7.89.